The van der Waals surface area contributed by atoms with Gasteiger partial charge in [-0.1, -0.05) is 0 Å². The molecule has 20 heavy (non-hydrogen) atoms. The number of anilines is 2. The van der Waals surface area contributed by atoms with Gasteiger partial charge in [-0.25, -0.2) is 15.8 Å². The highest BCUT2D eigenvalue weighted by Crippen LogP contribution is 2.20. The third-order valence-corrected chi connectivity index (χ3v) is 3.21. The highest BCUT2D eigenvalue weighted by Gasteiger charge is 2.36. The number of carbonyl (C=O) groups excluding carboxylic acids is 2. The summed E-state index contributed by atoms with van der Waals surface area (Å²) in [5, 5.41) is 2.95. The van der Waals surface area contributed by atoms with E-state index in [0.29, 0.717) is 17.3 Å². The highest BCUT2D eigenvalue weighted by atomic mass is 16.2. The van der Waals surface area contributed by atoms with E-state index >= 15 is 0 Å². The summed E-state index contributed by atoms with van der Waals surface area (Å²) >= 11 is 0. The largest absolute Gasteiger partial charge is 0.355 e. The van der Waals surface area contributed by atoms with Crippen LogP contribution in [-0.2, 0) is 9.59 Å². The molecule has 2 amide bonds. The topological polar surface area (TPSA) is 118 Å². The van der Waals surface area contributed by atoms with Crippen molar-refractivity contribution in [1.29, 1.82) is 0 Å². The summed E-state index contributed by atoms with van der Waals surface area (Å²) in [5.41, 5.74) is 3.00. The van der Waals surface area contributed by atoms with Crippen molar-refractivity contribution in [3.63, 3.8) is 0 Å². The van der Waals surface area contributed by atoms with Crippen LogP contribution in [0.4, 0.5) is 11.6 Å². The van der Waals surface area contributed by atoms with E-state index in [4.69, 9.17) is 5.84 Å². The molecule has 1 unspecified atom stereocenters. The lowest BCUT2D eigenvalue weighted by atomic mass is 10.2. The average molecular weight is 275 g/mol. The summed E-state index contributed by atoms with van der Waals surface area (Å²) in [4.78, 5) is 32.9. The van der Waals surface area contributed by atoms with Gasteiger partial charge in [0.2, 0.25) is 5.91 Å². The van der Waals surface area contributed by atoms with Crippen LogP contribution in [0.2, 0.25) is 0 Å². The van der Waals surface area contributed by atoms with Crippen LogP contribution < -0.4 is 16.6 Å². The lowest BCUT2D eigenvalue weighted by Crippen LogP contribution is -2.32. The fourth-order valence-electron chi connectivity index (χ4n) is 2.13. The van der Waals surface area contributed by atoms with Crippen LogP contribution in [0.5, 0.6) is 0 Å². The minimum atomic E-state index is -0.631. The van der Waals surface area contributed by atoms with E-state index in [9.17, 15) is 9.59 Å². The minimum Gasteiger partial charge on any atom is -0.355 e. The molecule has 1 saturated heterocycles. The van der Waals surface area contributed by atoms with E-state index in [1.54, 1.807) is 23.0 Å². The Morgan fingerprint density at radius 2 is 2.25 bits per heavy atom. The quantitative estimate of drug-likeness (QED) is 0.380. The first kappa shape index (κ1) is 12.4. The smallest absolute Gasteiger partial charge is 0.251 e. The second-order valence-corrected chi connectivity index (χ2v) is 4.47. The fourth-order valence-corrected chi connectivity index (χ4v) is 2.13. The Labute approximate surface area is 113 Å². The number of nitrogens with two attached hydrogens (primary N) is 1. The first-order valence-corrected chi connectivity index (χ1v) is 5.97. The molecule has 1 aliphatic rings. The van der Waals surface area contributed by atoms with E-state index in [2.05, 4.69) is 20.7 Å². The molecule has 2 aromatic rings. The lowest BCUT2D eigenvalue weighted by Gasteiger charge is -2.13. The van der Waals surface area contributed by atoms with Crippen molar-refractivity contribution in [1.82, 2.24) is 19.3 Å². The van der Waals surface area contributed by atoms with Gasteiger partial charge in [-0.2, -0.15) is 0 Å². The summed E-state index contributed by atoms with van der Waals surface area (Å²) in [7, 11) is 1.46. The van der Waals surface area contributed by atoms with Gasteiger partial charge >= 0.3 is 0 Å². The SMILES string of the molecule is CN1C(=O)CC(Nc2nc(NN)cn3ccnc23)C1=O. The zero-order valence-electron chi connectivity index (χ0n) is 10.7. The van der Waals surface area contributed by atoms with Gasteiger partial charge in [-0.3, -0.25) is 14.5 Å². The van der Waals surface area contributed by atoms with Crippen LogP contribution in [-0.4, -0.2) is 44.2 Å². The van der Waals surface area contributed by atoms with Crippen LogP contribution >= 0.6 is 0 Å². The molecule has 0 saturated carbocycles. The van der Waals surface area contributed by atoms with Gasteiger partial charge in [-0.05, 0) is 0 Å². The predicted molar refractivity (Wildman–Crippen MR) is 70.6 cm³/mol. The van der Waals surface area contributed by atoms with Gasteiger partial charge in [0.25, 0.3) is 5.91 Å². The Balaban J connectivity index is 1.96. The van der Waals surface area contributed by atoms with E-state index in [-0.39, 0.29) is 18.2 Å². The molecule has 4 N–H and O–H groups in total. The normalized spacial score (nSPS) is 18.9. The van der Waals surface area contributed by atoms with Crippen molar-refractivity contribution in [3.8, 4) is 0 Å². The lowest BCUT2D eigenvalue weighted by molar-refractivity contribution is -0.136. The molecule has 3 heterocycles. The molecule has 0 radical (unpaired) electrons. The van der Waals surface area contributed by atoms with E-state index in [1.807, 2.05) is 0 Å². The van der Waals surface area contributed by atoms with E-state index in [1.165, 1.54) is 7.05 Å². The fraction of sp³-hybridized carbons (Fsp3) is 0.273. The Morgan fingerprint density at radius 3 is 2.90 bits per heavy atom. The van der Waals surface area contributed by atoms with Crippen molar-refractivity contribution in [2.24, 2.45) is 5.84 Å². The van der Waals surface area contributed by atoms with E-state index < -0.39 is 6.04 Å². The standard InChI is InChI=1S/C11H13N7O2/c1-17-8(19)4-6(11(17)20)14-9-10-13-2-3-18(10)5-7(15-9)16-12/h2-3,5-6,16H,4,12H2,1H3,(H,14,15). The molecule has 0 aromatic carbocycles. The van der Waals surface area contributed by atoms with Gasteiger partial charge in [0.15, 0.2) is 17.3 Å². The Kier molecular flexibility index (Phi) is 2.75. The number of likely N-dealkylation sites (N-methyl/N-ethyl adjacent to an activating group) is 1. The van der Waals surface area contributed by atoms with Crippen LogP contribution in [0.25, 0.3) is 5.65 Å². The molecule has 1 atom stereocenters. The number of carbonyl (C=O) groups is 2. The second-order valence-electron chi connectivity index (χ2n) is 4.47. The minimum absolute atomic E-state index is 0.101. The van der Waals surface area contributed by atoms with Crippen molar-refractivity contribution in [3.05, 3.63) is 18.6 Å². The third-order valence-electron chi connectivity index (χ3n) is 3.21. The van der Waals surface area contributed by atoms with Crippen molar-refractivity contribution < 1.29 is 9.59 Å². The number of nitrogen functional groups attached to an aromatic ring is 1. The van der Waals surface area contributed by atoms with Crippen LogP contribution in [0.15, 0.2) is 18.6 Å². The number of nitrogens with zero attached hydrogens (tertiary/aromatic N) is 4. The number of likely N-dealkylation sites (tertiary alicyclic amines) is 1. The Morgan fingerprint density at radius 1 is 1.45 bits per heavy atom. The number of fused-ring (bicyclic) bond motifs is 1. The molecule has 9 nitrogen and oxygen atoms in total. The number of rotatable bonds is 3. The molecule has 3 rings (SSSR count). The maximum absolute atomic E-state index is 11.9. The molecule has 9 heteroatoms. The monoisotopic (exact) mass is 275 g/mol. The van der Waals surface area contributed by atoms with Crippen molar-refractivity contribution >= 4 is 29.1 Å². The number of amides is 2. The molecular weight excluding hydrogens is 262 g/mol. The molecule has 1 aliphatic heterocycles. The van der Waals surface area contributed by atoms with E-state index in [0.717, 1.165) is 4.90 Å². The molecular formula is C11H13N7O2. The number of nitrogens with one attached hydrogen (secondary N) is 2. The number of imidazole rings is 1. The zero-order chi connectivity index (χ0) is 14.3. The number of aromatic nitrogens is 3. The van der Waals surface area contributed by atoms with Crippen molar-refractivity contribution in [2.45, 2.75) is 12.5 Å². The van der Waals surface area contributed by atoms with Crippen LogP contribution in [0.3, 0.4) is 0 Å². The molecule has 1 fully saturated rings. The second kappa shape index (κ2) is 4.46. The van der Waals surface area contributed by atoms with Gasteiger partial charge in [0.1, 0.15) is 6.04 Å². The third kappa shape index (κ3) is 1.84. The molecule has 0 bridgehead atoms. The summed E-state index contributed by atoms with van der Waals surface area (Å²) in [5.74, 6) is 5.66. The number of hydrogen-bond acceptors (Lipinski definition) is 7. The van der Waals surface area contributed by atoms with Gasteiger partial charge in [0.05, 0.1) is 12.6 Å². The predicted octanol–water partition coefficient (Wildman–Crippen LogP) is -0.816. The molecule has 0 aliphatic carbocycles. The number of hydrazine groups is 1. The summed E-state index contributed by atoms with van der Waals surface area (Å²) in [6.45, 7) is 0. The van der Waals surface area contributed by atoms with Crippen LogP contribution in [0.1, 0.15) is 6.42 Å². The maximum atomic E-state index is 11.9. The summed E-state index contributed by atoms with van der Waals surface area (Å²) < 4.78 is 1.72. The van der Waals surface area contributed by atoms with Gasteiger partial charge in [-0.15, -0.1) is 0 Å². The highest BCUT2D eigenvalue weighted by molar-refractivity contribution is 6.06. The zero-order valence-corrected chi connectivity index (χ0v) is 10.7. The van der Waals surface area contributed by atoms with Crippen molar-refractivity contribution in [2.75, 3.05) is 17.8 Å². The molecule has 104 valence electrons. The number of hydrogen-bond donors (Lipinski definition) is 3. The molecule has 2 aromatic heterocycles. The first-order valence-electron chi connectivity index (χ1n) is 5.97. The first-order chi connectivity index (χ1) is 9.60. The average Bonchev–Trinajstić information content (AvgIpc) is 3.00. The Hall–Kier alpha value is -2.68. The maximum Gasteiger partial charge on any atom is 0.251 e. The van der Waals surface area contributed by atoms with Gasteiger partial charge < -0.3 is 15.1 Å². The molecule has 0 spiro atoms. The Bertz CT molecular complexity index is 695. The summed E-state index contributed by atoms with van der Waals surface area (Å²) in [6.07, 6.45) is 5.11. The van der Waals surface area contributed by atoms with Crippen LogP contribution in [0, 0.1) is 0 Å². The number of imide groups is 1. The van der Waals surface area contributed by atoms with Gasteiger partial charge in [0, 0.05) is 19.4 Å². The summed E-state index contributed by atoms with van der Waals surface area (Å²) in [6, 6.07) is -0.631.